The number of likely N-dealkylation sites (tertiary alicyclic amines) is 1. The zero-order chi connectivity index (χ0) is 15.0. The largest absolute Gasteiger partial charge is 0.387 e. The van der Waals surface area contributed by atoms with E-state index in [9.17, 15) is 13.5 Å². The molecule has 1 aromatic rings. The van der Waals surface area contributed by atoms with Crippen molar-refractivity contribution >= 4 is 9.84 Å². The SMILES string of the molecule is CS(=O)(=O)c1ccc(C(O)CN2CC3CCCC3C2)cc1. The number of nitrogens with zero attached hydrogens (tertiary/aromatic N) is 1. The van der Waals surface area contributed by atoms with Crippen LogP contribution in [0.4, 0.5) is 0 Å². The predicted octanol–water partition coefficient (Wildman–Crippen LogP) is 1.86. The Labute approximate surface area is 126 Å². The average Bonchev–Trinajstić information content (AvgIpc) is 2.98. The number of benzene rings is 1. The lowest BCUT2D eigenvalue weighted by molar-refractivity contribution is 0.122. The van der Waals surface area contributed by atoms with Crippen LogP contribution < -0.4 is 0 Å². The van der Waals surface area contributed by atoms with Gasteiger partial charge < -0.3 is 5.11 Å². The number of hydrogen-bond acceptors (Lipinski definition) is 4. The number of β-amino-alcohol motifs (C(OH)–C–C–N with tert-alkyl or cyclic N) is 1. The molecule has 3 atom stereocenters. The molecule has 0 aromatic heterocycles. The van der Waals surface area contributed by atoms with E-state index in [0.29, 0.717) is 11.4 Å². The molecule has 1 N–H and O–H groups in total. The number of fused-ring (bicyclic) bond motifs is 1. The van der Waals surface area contributed by atoms with E-state index in [1.807, 2.05) is 0 Å². The van der Waals surface area contributed by atoms with Crippen molar-refractivity contribution in [2.24, 2.45) is 11.8 Å². The Bertz CT molecular complexity index is 584. The summed E-state index contributed by atoms with van der Waals surface area (Å²) in [6.45, 7) is 2.84. The summed E-state index contributed by atoms with van der Waals surface area (Å²) in [5.74, 6) is 1.65. The van der Waals surface area contributed by atoms with Gasteiger partial charge >= 0.3 is 0 Å². The lowest BCUT2D eigenvalue weighted by atomic mass is 10.0. The second kappa shape index (κ2) is 5.71. The number of rotatable bonds is 4. The Morgan fingerprint density at radius 2 is 1.76 bits per heavy atom. The smallest absolute Gasteiger partial charge is 0.175 e. The van der Waals surface area contributed by atoms with Crippen LogP contribution >= 0.6 is 0 Å². The maximum absolute atomic E-state index is 11.4. The third-order valence-electron chi connectivity index (χ3n) is 4.93. The van der Waals surface area contributed by atoms with E-state index in [-0.39, 0.29) is 0 Å². The van der Waals surface area contributed by atoms with E-state index in [1.54, 1.807) is 24.3 Å². The first-order chi connectivity index (χ1) is 9.93. The standard InChI is InChI=1S/C16H23NO3S/c1-21(19,20)15-7-5-12(6-8-15)16(18)11-17-9-13-3-2-4-14(13)10-17/h5-8,13-14,16,18H,2-4,9-11H2,1H3. The normalized spacial score (nSPS) is 27.7. The predicted molar refractivity (Wildman–Crippen MR) is 81.8 cm³/mol. The van der Waals surface area contributed by atoms with Crippen molar-refractivity contribution in [2.75, 3.05) is 25.9 Å². The van der Waals surface area contributed by atoms with E-state index in [0.717, 1.165) is 30.5 Å². The zero-order valence-corrected chi connectivity index (χ0v) is 13.2. The lowest BCUT2D eigenvalue weighted by Crippen LogP contribution is -2.27. The highest BCUT2D eigenvalue weighted by Gasteiger charge is 2.36. The maximum Gasteiger partial charge on any atom is 0.175 e. The van der Waals surface area contributed by atoms with Crippen LogP contribution in [0.1, 0.15) is 30.9 Å². The molecule has 1 saturated carbocycles. The first-order valence-corrected chi connectivity index (χ1v) is 9.53. The highest BCUT2D eigenvalue weighted by atomic mass is 32.2. The van der Waals surface area contributed by atoms with Gasteiger partial charge in [-0.25, -0.2) is 8.42 Å². The number of aliphatic hydroxyl groups is 1. The van der Waals surface area contributed by atoms with E-state index < -0.39 is 15.9 Å². The lowest BCUT2D eigenvalue weighted by Gasteiger charge is -2.21. The molecule has 3 unspecified atom stereocenters. The molecule has 0 amide bonds. The van der Waals surface area contributed by atoms with Crippen LogP contribution in [-0.4, -0.2) is 44.3 Å². The molecule has 3 rings (SSSR count). The fourth-order valence-electron chi connectivity index (χ4n) is 3.77. The molecular formula is C16H23NO3S. The molecule has 4 nitrogen and oxygen atoms in total. The van der Waals surface area contributed by atoms with Crippen LogP contribution in [-0.2, 0) is 9.84 Å². The fraction of sp³-hybridized carbons (Fsp3) is 0.625. The molecule has 116 valence electrons. The van der Waals surface area contributed by atoms with Crippen LogP contribution in [0.5, 0.6) is 0 Å². The summed E-state index contributed by atoms with van der Waals surface area (Å²) in [5, 5.41) is 10.3. The number of sulfone groups is 1. The first kappa shape index (κ1) is 15.0. The van der Waals surface area contributed by atoms with E-state index in [2.05, 4.69) is 4.90 Å². The molecular weight excluding hydrogens is 286 g/mol. The Kier molecular flexibility index (Phi) is 4.08. The van der Waals surface area contributed by atoms with Crippen molar-refractivity contribution in [3.8, 4) is 0 Å². The van der Waals surface area contributed by atoms with Gasteiger partial charge in [0.15, 0.2) is 9.84 Å². The molecule has 2 aliphatic rings. The summed E-state index contributed by atoms with van der Waals surface area (Å²) in [5.41, 5.74) is 0.791. The highest BCUT2D eigenvalue weighted by Crippen LogP contribution is 2.38. The molecule has 0 spiro atoms. The number of hydrogen-bond donors (Lipinski definition) is 1. The molecule has 1 heterocycles. The monoisotopic (exact) mass is 309 g/mol. The van der Waals surface area contributed by atoms with Crippen LogP contribution in [0, 0.1) is 11.8 Å². The van der Waals surface area contributed by atoms with Crippen LogP contribution in [0.2, 0.25) is 0 Å². The van der Waals surface area contributed by atoms with E-state index in [1.165, 1.54) is 25.5 Å². The Balaban J connectivity index is 1.62. The summed E-state index contributed by atoms with van der Waals surface area (Å²) in [6, 6.07) is 6.59. The van der Waals surface area contributed by atoms with Gasteiger partial charge in [-0.3, -0.25) is 4.90 Å². The van der Waals surface area contributed by atoms with E-state index >= 15 is 0 Å². The van der Waals surface area contributed by atoms with Crippen LogP contribution in [0.25, 0.3) is 0 Å². The molecule has 1 aliphatic carbocycles. The minimum atomic E-state index is -3.17. The minimum absolute atomic E-state index is 0.300. The second-order valence-corrected chi connectivity index (χ2v) is 8.54. The van der Waals surface area contributed by atoms with Crippen molar-refractivity contribution < 1.29 is 13.5 Å². The summed E-state index contributed by atoms with van der Waals surface area (Å²) in [7, 11) is -3.17. The Morgan fingerprint density at radius 1 is 1.19 bits per heavy atom. The number of aliphatic hydroxyl groups excluding tert-OH is 1. The Morgan fingerprint density at radius 3 is 2.29 bits per heavy atom. The third-order valence-corrected chi connectivity index (χ3v) is 6.05. The van der Waals surface area contributed by atoms with E-state index in [4.69, 9.17) is 0 Å². The summed E-state index contributed by atoms with van der Waals surface area (Å²) >= 11 is 0. The van der Waals surface area contributed by atoms with Gasteiger partial charge in [-0.2, -0.15) is 0 Å². The third kappa shape index (κ3) is 3.30. The highest BCUT2D eigenvalue weighted by molar-refractivity contribution is 7.90. The maximum atomic E-state index is 11.4. The van der Waals surface area contributed by atoms with Crippen molar-refractivity contribution in [2.45, 2.75) is 30.3 Å². The van der Waals surface area contributed by atoms with Crippen molar-refractivity contribution in [1.82, 2.24) is 4.90 Å². The molecule has 0 radical (unpaired) electrons. The van der Waals surface area contributed by atoms with Gasteiger partial charge in [0.25, 0.3) is 0 Å². The first-order valence-electron chi connectivity index (χ1n) is 7.64. The van der Waals surface area contributed by atoms with Gasteiger partial charge in [0.2, 0.25) is 0 Å². The fourth-order valence-corrected chi connectivity index (χ4v) is 4.40. The van der Waals surface area contributed by atoms with Gasteiger partial charge in [-0.1, -0.05) is 18.6 Å². The quantitative estimate of drug-likeness (QED) is 0.922. The van der Waals surface area contributed by atoms with Crippen molar-refractivity contribution in [3.63, 3.8) is 0 Å². The van der Waals surface area contributed by atoms with Gasteiger partial charge in [-0.15, -0.1) is 0 Å². The van der Waals surface area contributed by atoms with Gasteiger partial charge in [0.05, 0.1) is 11.0 Å². The van der Waals surface area contributed by atoms with Crippen molar-refractivity contribution in [1.29, 1.82) is 0 Å². The van der Waals surface area contributed by atoms with Gasteiger partial charge in [0, 0.05) is 25.9 Å². The summed E-state index contributed by atoms with van der Waals surface area (Å²) < 4.78 is 22.9. The zero-order valence-electron chi connectivity index (χ0n) is 12.4. The molecule has 21 heavy (non-hydrogen) atoms. The topological polar surface area (TPSA) is 57.6 Å². The van der Waals surface area contributed by atoms with Crippen LogP contribution in [0.15, 0.2) is 29.2 Å². The summed E-state index contributed by atoms with van der Waals surface area (Å²) in [4.78, 5) is 2.65. The average molecular weight is 309 g/mol. The van der Waals surface area contributed by atoms with Gasteiger partial charge in [0.1, 0.15) is 0 Å². The molecule has 2 fully saturated rings. The van der Waals surface area contributed by atoms with Gasteiger partial charge in [-0.05, 0) is 42.4 Å². The van der Waals surface area contributed by atoms with Crippen molar-refractivity contribution in [3.05, 3.63) is 29.8 Å². The molecule has 1 aromatic carbocycles. The molecule has 0 bridgehead atoms. The molecule has 5 heteroatoms. The summed E-state index contributed by atoms with van der Waals surface area (Å²) in [6.07, 6.45) is 4.68. The molecule has 1 saturated heterocycles. The minimum Gasteiger partial charge on any atom is -0.387 e. The Hall–Kier alpha value is -0.910. The molecule has 1 aliphatic heterocycles. The van der Waals surface area contributed by atoms with Crippen LogP contribution in [0.3, 0.4) is 0 Å². The second-order valence-electron chi connectivity index (χ2n) is 6.53.